The lowest BCUT2D eigenvalue weighted by Gasteiger charge is -2.60. The third-order valence-electron chi connectivity index (χ3n) is 10.4. The Balaban J connectivity index is 1.64. The van der Waals surface area contributed by atoms with E-state index >= 15 is 0 Å². The van der Waals surface area contributed by atoms with Gasteiger partial charge in [-0.05, 0) is 68.4 Å². The Bertz CT molecular complexity index is 1100. The van der Waals surface area contributed by atoms with E-state index < -0.39 is 57.6 Å². The van der Waals surface area contributed by atoms with Crippen LogP contribution < -0.4 is 0 Å². The molecular weight excluding hydrogens is 488 g/mol. The van der Waals surface area contributed by atoms with Gasteiger partial charge in [-0.25, -0.2) is 0 Å². The van der Waals surface area contributed by atoms with Crippen LogP contribution in [0, 0.1) is 39.9 Å². The van der Waals surface area contributed by atoms with Crippen LogP contribution >= 0.6 is 0 Å². The van der Waals surface area contributed by atoms with E-state index in [1.54, 1.807) is 13.8 Å². The van der Waals surface area contributed by atoms with Gasteiger partial charge in [0.2, 0.25) is 0 Å². The fraction of sp³-hybridized carbons (Fsp3) is 0.733. The van der Waals surface area contributed by atoms with E-state index in [2.05, 4.69) is 6.08 Å². The van der Waals surface area contributed by atoms with Crippen molar-refractivity contribution in [1.82, 2.24) is 0 Å². The van der Waals surface area contributed by atoms with Gasteiger partial charge in [-0.3, -0.25) is 19.2 Å². The van der Waals surface area contributed by atoms with E-state index in [4.69, 9.17) is 4.74 Å². The summed E-state index contributed by atoms with van der Waals surface area (Å²) < 4.78 is 5.19. The number of rotatable bonds is 6. The first kappa shape index (κ1) is 28.8. The van der Waals surface area contributed by atoms with E-state index in [9.17, 15) is 34.5 Å². The topological polar surface area (TPSA) is 138 Å². The van der Waals surface area contributed by atoms with Crippen LogP contribution in [0.1, 0.15) is 73.6 Å². The van der Waals surface area contributed by atoms with Gasteiger partial charge in [0.15, 0.2) is 11.6 Å². The summed E-state index contributed by atoms with van der Waals surface area (Å²) >= 11 is 0. The number of aliphatic hydroxyl groups excluding tert-OH is 3. The highest BCUT2D eigenvalue weighted by atomic mass is 16.6. The Kier molecular flexibility index (Phi) is 7.20. The van der Waals surface area contributed by atoms with E-state index in [0.29, 0.717) is 19.3 Å². The maximum Gasteiger partial charge on any atom is 0.303 e. The van der Waals surface area contributed by atoms with Crippen molar-refractivity contribution in [2.75, 3.05) is 6.61 Å². The van der Waals surface area contributed by atoms with Crippen molar-refractivity contribution in [3.8, 4) is 0 Å². The van der Waals surface area contributed by atoms with Gasteiger partial charge in [0, 0.05) is 31.1 Å². The Morgan fingerprint density at radius 1 is 1.18 bits per heavy atom. The van der Waals surface area contributed by atoms with Gasteiger partial charge < -0.3 is 20.1 Å². The molecule has 0 aromatic carbocycles. The molecule has 0 aromatic rings. The van der Waals surface area contributed by atoms with Gasteiger partial charge in [0.25, 0.3) is 0 Å². The summed E-state index contributed by atoms with van der Waals surface area (Å²) in [6, 6.07) is 0. The van der Waals surface area contributed by atoms with Gasteiger partial charge >= 0.3 is 5.97 Å². The van der Waals surface area contributed by atoms with E-state index in [1.807, 2.05) is 20.8 Å². The molecule has 3 saturated carbocycles. The molecular formula is C30H42O8. The first-order valence-corrected chi connectivity index (χ1v) is 13.7. The molecule has 8 heteroatoms. The highest BCUT2D eigenvalue weighted by molar-refractivity contribution is 5.95. The highest BCUT2D eigenvalue weighted by Gasteiger charge is 2.68. The largest absolute Gasteiger partial charge is 0.456 e. The Hall–Kier alpha value is -2.16. The number of allylic oxidation sites excluding steroid dienone is 1. The molecule has 210 valence electrons. The fourth-order valence-corrected chi connectivity index (χ4v) is 8.49. The quantitative estimate of drug-likeness (QED) is 0.271. The minimum absolute atomic E-state index is 0.0239. The lowest BCUT2D eigenvalue weighted by atomic mass is 9.42. The molecule has 4 aliphatic carbocycles. The van der Waals surface area contributed by atoms with Gasteiger partial charge in [-0.2, -0.15) is 0 Å². The van der Waals surface area contributed by atoms with Crippen LogP contribution in [0.5, 0.6) is 0 Å². The van der Waals surface area contributed by atoms with Gasteiger partial charge in [-0.1, -0.05) is 32.4 Å². The Labute approximate surface area is 224 Å². The molecule has 4 rings (SSSR count). The zero-order valence-corrected chi connectivity index (χ0v) is 23.3. The zero-order valence-electron chi connectivity index (χ0n) is 23.3. The number of ketones is 3. The zero-order chi connectivity index (χ0) is 28.4. The Morgan fingerprint density at radius 3 is 2.45 bits per heavy atom. The number of carbonyl (C=O) groups excluding carboxylic acids is 4. The SMILES string of the molecule is CC(=O)OC(C)(C)/C=C/C(=O)C(O)[C@H]1CCC2C3CC=C4[C@@H](CC(=O)C(O)C4(C)C)C3(CO)C(=O)CC21C. The molecule has 0 amide bonds. The monoisotopic (exact) mass is 530 g/mol. The molecule has 4 aliphatic rings. The third kappa shape index (κ3) is 4.23. The maximum atomic E-state index is 14.1. The first-order chi connectivity index (χ1) is 17.5. The molecule has 3 N–H and O–H groups in total. The normalized spacial score (nSPS) is 39.2. The minimum Gasteiger partial charge on any atom is -0.456 e. The molecule has 3 fully saturated rings. The fourth-order valence-electron chi connectivity index (χ4n) is 8.49. The molecule has 6 unspecified atom stereocenters. The second-order valence-electron chi connectivity index (χ2n) is 13.3. The van der Waals surface area contributed by atoms with E-state index in [1.165, 1.54) is 19.1 Å². The molecule has 0 saturated heterocycles. The van der Waals surface area contributed by atoms with Crippen LogP contribution in [0.3, 0.4) is 0 Å². The van der Waals surface area contributed by atoms with Gasteiger partial charge in [0.1, 0.15) is 23.6 Å². The van der Waals surface area contributed by atoms with Crippen LogP contribution in [-0.4, -0.2) is 63.1 Å². The molecule has 0 heterocycles. The molecule has 38 heavy (non-hydrogen) atoms. The molecule has 8 nitrogen and oxygen atoms in total. The number of Topliss-reactive ketones (excluding diaryl/α,β-unsaturated/α-hetero) is 2. The lowest BCUT2D eigenvalue weighted by molar-refractivity contribution is -0.169. The lowest BCUT2D eigenvalue weighted by Crippen LogP contribution is -2.63. The summed E-state index contributed by atoms with van der Waals surface area (Å²) in [5.74, 6) is -2.57. The number of hydrogen-bond acceptors (Lipinski definition) is 8. The summed E-state index contributed by atoms with van der Waals surface area (Å²) in [7, 11) is 0. The van der Waals surface area contributed by atoms with Crippen molar-refractivity contribution in [2.24, 2.45) is 39.9 Å². The number of ether oxygens (including phenoxy) is 1. The number of aliphatic hydroxyl groups is 3. The molecule has 8 atom stereocenters. The van der Waals surface area contributed by atoms with Crippen molar-refractivity contribution in [1.29, 1.82) is 0 Å². The summed E-state index contributed by atoms with van der Waals surface area (Å²) in [6.07, 6.45) is 4.24. The Morgan fingerprint density at radius 2 is 1.84 bits per heavy atom. The summed E-state index contributed by atoms with van der Waals surface area (Å²) in [4.78, 5) is 51.3. The van der Waals surface area contributed by atoms with Crippen LogP contribution in [0.15, 0.2) is 23.8 Å². The number of carbonyl (C=O) groups is 4. The predicted molar refractivity (Wildman–Crippen MR) is 139 cm³/mol. The summed E-state index contributed by atoms with van der Waals surface area (Å²) in [5, 5.41) is 32.6. The average Bonchev–Trinajstić information content (AvgIpc) is 3.15. The standard InChI is InChI=1S/C30H42O8/c1-16(32)38-27(2,3)12-11-22(33)25(36)20-10-8-18-19-9-7-17-21(13-23(34)26(37)28(17,4)5)30(19,15-31)24(35)14-29(18,20)6/h7,11-12,18-21,25-26,31,36-37H,8-10,13-15H2,1-6H3/b12-11+/t18?,19?,20-,21-,25?,26?,29?,30?/m1/s1. The summed E-state index contributed by atoms with van der Waals surface area (Å²) in [5.41, 5.74) is -2.71. The second kappa shape index (κ2) is 9.49. The van der Waals surface area contributed by atoms with Crippen LogP contribution in [-0.2, 0) is 23.9 Å². The summed E-state index contributed by atoms with van der Waals surface area (Å²) in [6.45, 7) is 9.81. The van der Waals surface area contributed by atoms with Crippen molar-refractivity contribution in [3.05, 3.63) is 23.8 Å². The number of hydrogen-bond donors (Lipinski definition) is 3. The molecule has 0 radical (unpaired) electrons. The smallest absolute Gasteiger partial charge is 0.303 e. The molecule has 0 aromatic heterocycles. The van der Waals surface area contributed by atoms with Gasteiger partial charge in [0.05, 0.1) is 12.0 Å². The van der Waals surface area contributed by atoms with Crippen molar-refractivity contribution in [3.63, 3.8) is 0 Å². The first-order valence-electron chi connectivity index (χ1n) is 13.7. The van der Waals surface area contributed by atoms with Crippen molar-refractivity contribution >= 4 is 23.3 Å². The average molecular weight is 531 g/mol. The third-order valence-corrected chi connectivity index (χ3v) is 10.4. The van der Waals surface area contributed by atoms with Crippen LogP contribution in [0.4, 0.5) is 0 Å². The van der Waals surface area contributed by atoms with Crippen LogP contribution in [0.25, 0.3) is 0 Å². The minimum atomic E-state index is -1.32. The molecule has 0 bridgehead atoms. The molecule has 0 aliphatic heterocycles. The maximum absolute atomic E-state index is 14.1. The predicted octanol–water partition coefficient (Wildman–Crippen LogP) is 2.72. The van der Waals surface area contributed by atoms with Crippen molar-refractivity contribution in [2.45, 2.75) is 91.5 Å². The van der Waals surface area contributed by atoms with Gasteiger partial charge in [-0.15, -0.1) is 0 Å². The molecule has 0 spiro atoms. The van der Waals surface area contributed by atoms with Crippen molar-refractivity contribution < 1.29 is 39.2 Å². The highest BCUT2D eigenvalue weighted by Crippen LogP contribution is 2.68. The second-order valence-corrected chi connectivity index (χ2v) is 13.3. The number of fused-ring (bicyclic) bond motifs is 5. The van der Waals surface area contributed by atoms with E-state index in [-0.39, 0.29) is 42.9 Å². The number of esters is 1. The van der Waals surface area contributed by atoms with E-state index in [0.717, 1.165) is 5.57 Å². The van der Waals surface area contributed by atoms with Crippen LogP contribution in [0.2, 0.25) is 0 Å².